The van der Waals surface area contributed by atoms with E-state index in [2.05, 4.69) is 13.8 Å². The second-order valence-electron chi connectivity index (χ2n) is 9.63. The van der Waals surface area contributed by atoms with Crippen molar-refractivity contribution in [1.82, 2.24) is 8.87 Å². The summed E-state index contributed by atoms with van der Waals surface area (Å²) in [6.45, 7) is 7.72. The summed E-state index contributed by atoms with van der Waals surface area (Å²) in [6.07, 6.45) is 11.1. The smallest absolute Gasteiger partial charge is 0.323 e. The summed E-state index contributed by atoms with van der Waals surface area (Å²) in [7, 11) is -3.37. The van der Waals surface area contributed by atoms with Gasteiger partial charge in [0, 0.05) is 34.6 Å². The highest BCUT2D eigenvalue weighted by Gasteiger charge is 2.33. The lowest BCUT2D eigenvalue weighted by Gasteiger charge is -2.31. The van der Waals surface area contributed by atoms with Crippen molar-refractivity contribution in [2.24, 2.45) is 5.41 Å². The van der Waals surface area contributed by atoms with E-state index in [1.807, 2.05) is 23.6 Å². The zero-order chi connectivity index (χ0) is 22.4. The first-order chi connectivity index (χ1) is 14.6. The standard InChI is InChI=1S/C23H32N2O4S2/c1-16-22(19-10-11-23(2,3)14-20(19)25(16)15-21(26)27)30-17-6-8-18(9-7-17)31(28,29)24-12-4-5-13-24/h6,8-9,17H,4-5,7,10-15H2,1-3H3,(H,26,27). The van der Waals surface area contributed by atoms with Crippen LogP contribution in [0.5, 0.6) is 0 Å². The fourth-order valence-electron chi connectivity index (χ4n) is 4.90. The van der Waals surface area contributed by atoms with E-state index in [4.69, 9.17) is 0 Å². The highest BCUT2D eigenvalue weighted by atomic mass is 32.2. The Balaban J connectivity index is 1.56. The maximum absolute atomic E-state index is 12.8. The van der Waals surface area contributed by atoms with Gasteiger partial charge in [0.15, 0.2) is 0 Å². The maximum Gasteiger partial charge on any atom is 0.323 e. The number of aliphatic carboxylic acids is 1. The molecule has 1 aliphatic heterocycles. The maximum atomic E-state index is 12.8. The summed E-state index contributed by atoms with van der Waals surface area (Å²) in [5.74, 6) is -0.821. The van der Waals surface area contributed by atoms with Gasteiger partial charge in [0.2, 0.25) is 10.0 Å². The molecular formula is C23H32N2O4S2. The molecule has 2 aliphatic carbocycles. The number of carboxylic acid groups (broad SMARTS) is 1. The topological polar surface area (TPSA) is 79.6 Å². The molecule has 1 atom stereocenters. The van der Waals surface area contributed by atoms with Crippen LogP contribution in [-0.4, -0.2) is 46.7 Å². The third-order valence-corrected chi connectivity index (χ3v) is 10.0. The number of carboxylic acids is 1. The van der Waals surface area contributed by atoms with Gasteiger partial charge in [-0.05, 0) is 62.5 Å². The first-order valence-electron chi connectivity index (χ1n) is 11.1. The number of nitrogens with zero attached hydrogens (tertiary/aromatic N) is 2. The van der Waals surface area contributed by atoms with E-state index in [0.29, 0.717) is 24.4 Å². The quantitative estimate of drug-likeness (QED) is 0.685. The fraction of sp³-hybridized carbons (Fsp3) is 0.609. The summed E-state index contributed by atoms with van der Waals surface area (Å²) in [4.78, 5) is 13.1. The van der Waals surface area contributed by atoms with E-state index in [1.54, 1.807) is 22.1 Å². The molecule has 1 N–H and O–H groups in total. The van der Waals surface area contributed by atoms with Gasteiger partial charge in [0.1, 0.15) is 6.54 Å². The number of hydrogen-bond acceptors (Lipinski definition) is 4. The van der Waals surface area contributed by atoms with E-state index in [1.165, 1.54) is 10.5 Å². The van der Waals surface area contributed by atoms with Gasteiger partial charge in [-0.1, -0.05) is 26.0 Å². The molecule has 0 bridgehead atoms. The third-order valence-electron chi connectivity index (χ3n) is 6.67. The molecular weight excluding hydrogens is 432 g/mol. The van der Waals surface area contributed by atoms with E-state index in [-0.39, 0.29) is 17.2 Å². The van der Waals surface area contributed by atoms with Crippen LogP contribution in [0.15, 0.2) is 28.0 Å². The lowest BCUT2D eigenvalue weighted by molar-refractivity contribution is -0.137. The minimum absolute atomic E-state index is 0.0105. The van der Waals surface area contributed by atoms with Gasteiger partial charge in [-0.2, -0.15) is 4.31 Å². The number of thioether (sulfide) groups is 1. The highest BCUT2D eigenvalue weighted by Crippen LogP contribution is 2.44. The molecule has 0 spiro atoms. The van der Waals surface area contributed by atoms with Crippen LogP contribution >= 0.6 is 11.8 Å². The van der Waals surface area contributed by atoms with Crippen molar-refractivity contribution in [2.45, 2.75) is 76.0 Å². The molecule has 1 saturated heterocycles. The number of rotatable bonds is 6. The van der Waals surface area contributed by atoms with Crippen LogP contribution in [0.4, 0.5) is 0 Å². The zero-order valence-electron chi connectivity index (χ0n) is 18.6. The van der Waals surface area contributed by atoms with E-state index < -0.39 is 16.0 Å². The SMILES string of the molecule is Cc1c(SC2C=CC(S(=O)(=O)N3CCCC3)=CC2)c2c(n1CC(=O)O)CC(C)(C)CC2. The largest absolute Gasteiger partial charge is 0.480 e. The van der Waals surface area contributed by atoms with Gasteiger partial charge < -0.3 is 9.67 Å². The Kier molecular flexibility index (Phi) is 6.18. The second-order valence-corrected chi connectivity index (χ2v) is 12.8. The summed E-state index contributed by atoms with van der Waals surface area (Å²) < 4.78 is 29.2. The summed E-state index contributed by atoms with van der Waals surface area (Å²) in [6, 6.07) is 0. The number of hydrogen-bond donors (Lipinski definition) is 1. The van der Waals surface area contributed by atoms with Crippen LogP contribution in [0, 0.1) is 12.3 Å². The van der Waals surface area contributed by atoms with Crippen LogP contribution in [0.25, 0.3) is 0 Å². The zero-order valence-corrected chi connectivity index (χ0v) is 20.2. The molecule has 1 unspecified atom stereocenters. The number of sulfonamides is 1. The van der Waals surface area contributed by atoms with E-state index in [0.717, 1.165) is 43.5 Å². The van der Waals surface area contributed by atoms with Gasteiger partial charge in [-0.3, -0.25) is 4.79 Å². The average Bonchev–Trinajstić information content (AvgIpc) is 3.32. The average molecular weight is 465 g/mol. The predicted molar refractivity (Wildman–Crippen MR) is 124 cm³/mol. The number of aromatic nitrogens is 1. The minimum Gasteiger partial charge on any atom is -0.480 e. The molecule has 4 rings (SSSR count). The van der Waals surface area contributed by atoms with Crippen LogP contribution in [0.2, 0.25) is 0 Å². The molecule has 0 amide bonds. The Labute approximate surface area is 189 Å². The normalized spacial score (nSPS) is 23.6. The molecule has 170 valence electrons. The first-order valence-corrected chi connectivity index (χ1v) is 13.4. The van der Waals surface area contributed by atoms with E-state index in [9.17, 15) is 18.3 Å². The van der Waals surface area contributed by atoms with Crippen molar-refractivity contribution < 1.29 is 18.3 Å². The Morgan fingerprint density at radius 3 is 2.61 bits per heavy atom. The van der Waals surface area contributed by atoms with Crippen molar-refractivity contribution in [1.29, 1.82) is 0 Å². The molecule has 8 heteroatoms. The van der Waals surface area contributed by atoms with Crippen molar-refractivity contribution in [3.8, 4) is 0 Å². The Morgan fingerprint density at radius 2 is 2.00 bits per heavy atom. The van der Waals surface area contributed by atoms with Crippen molar-refractivity contribution >= 4 is 27.8 Å². The Hall–Kier alpha value is -1.51. The van der Waals surface area contributed by atoms with Crippen molar-refractivity contribution in [3.05, 3.63) is 40.1 Å². The van der Waals surface area contributed by atoms with Crippen LogP contribution in [-0.2, 0) is 34.2 Å². The molecule has 0 saturated carbocycles. The summed E-state index contributed by atoms with van der Waals surface area (Å²) in [5.41, 5.74) is 3.63. The van der Waals surface area contributed by atoms with Crippen LogP contribution in [0.3, 0.4) is 0 Å². The van der Waals surface area contributed by atoms with Crippen molar-refractivity contribution in [2.75, 3.05) is 13.1 Å². The third kappa shape index (κ3) is 4.52. The van der Waals surface area contributed by atoms with Gasteiger partial charge in [0.25, 0.3) is 0 Å². The minimum atomic E-state index is -3.37. The van der Waals surface area contributed by atoms with Gasteiger partial charge >= 0.3 is 5.97 Å². The molecule has 0 aromatic carbocycles. The molecule has 1 aromatic heterocycles. The number of carbonyl (C=O) groups is 1. The lowest BCUT2D eigenvalue weighted by atomic mass is 9.77. The predicted octanol–water partition coefficient (Wildman–Crippen LogP) is 4.13. The van der Waals surface area contributed by atoms with Crippen LogP contribution in [0.1, 0.15) is 56.5 Å². The van der Waals surface area contributed by atoms with Crippen LogP contribution < -0.4 is 0 Å². The molecule has 1 aromatic rings. The number of fused-ring (bicyclic) bond motifs is 1. The van der Waals surface area contributed by atoms with E-state index >= 15 is 0 Å². The Bertz CT molecular complexity index is 1040. The van der Waals surface area contributed by atoms with Gasteiger partial charge in [-0.15, -0.1) is 11.8 Å². The number of allylic oxidation sites excluding steroid dienone is 2. The molecule has 0 radical (unpaired) electrons. The molecule has 3 aliphatic rings. The van der Waals surface area contributed by atoms with Crippen molar-refractivity contribution in [3.63, 3.8) is 0 Å². The first kappa shape index (κ1) is 22.7. The van der Waals surface area contributed by atoms with Gasteiger partial charge in [-0.25, -0.2) is 8.42 Å². The molecule has 31 heavy (non-hydrogen) atoms. The monoisotopic (exact) mass is 464 g/mol. The molecule has 2 heterocycles. The Morgan fingerprint density at radius 1 is 1.29 bits per heavy atom. The fourth-order valence-corrected chi connectivity index (χ4v) is 7.79. The van der Waals surface area contributed by atoms with Gasteiger partial charge in [0.05, 0.1) is 4.91 Å². The highest BCUT2D eigenvalue weighted by molar-refractivity contribution is 8.00. The molecule has 1 fully saturated rings. The summed E-state index contributed by atoms with van der Waals surface area (Å²) in [5, 5.41) is 9.59. The second kappa shape index (κ2) is 8.45. The lowest BCUT2D eigenvalue weighted by Crippen LogP contribution is -2.29. The summed E-state index contributed by atoms with van der Waals surface area (Å²) >= 11 is 1.75. The molecule has 6 nitrogen and oxygen atoms in total.